The van der Waals surface area contributed by atoms with Crippen LogP contribution >= 0.6 is 0 Å². The Morgan fingerprint density at radius 2 is 1.90 bits per heavy atom. The van der Waals surface area contributed by atoms with E-state index in [0.717, 1.165) is 25.6 Å². The van der Waals surface area contributed by atoms with Gasteiger partial charge in [-0.2, -0.15) is 0 Å². The second-order valence-corrected chi connectivity index (χ2v) is 6.47. The Morgan fingerprint density at radius 1 is 1.14 bits per heavy atom. The smallest absolute Gasteiger partial charge is 0.0605 e. The van der Waals surface area contributed by atoms with Gasteiger partial charge < -0.3 is 5.32 Å². The van der Waals surface area contributed by atoms with Crippen LogP contribution in [0.1, 0.15) is 43.7 Å². The van der Waals surface area contributed by atoms with E-state index in [1.165, 1.54) is 37.7 Å². The predicted molar refractivity (Wildman–Crippen MR) is 88.0 cm³/mol. The summed E-state index contributed by atoms with van der Waals surface area (Å²) in [6.45, 7) is 2.87. The lowest BCUT2D eigenvalue weighted by Gasteiger charge is -2.43. The minimum absolute atomic E-state index is 0.419. The second kappa shape index (κ2) is 7.11. The summed E-state index contributed by atoms with van der Waals surface area (Å²) < 4.78 is 0. The molecular formula is C19H26N2. The van der Waals surface area contributed by atoms with Crippen LogP contribution in [0.4, 0.5) is 0 Å². The topological polar surface area (TPSA) is 15.3 Å². The Kier molecular flexibility index (Phi) is 4.95. The molecule has 2 aliphatic rings. The highest BCUT2D eigenvalue weighted by Gasteiger charge is 2.32. The molecule has 112 valence electrons. The first-order valence-electron chi connectivity index (χ1n) is 8.34. The molecule has 0 bridgehead atoms. The highest BCUT2D eigenvalue weighted by atomic mass is 15.2. The van der Waals surface area contributed by atoms with E-state index in [2.05, 4.69) is 46.5 Å². The molecule has 2 fully saturated rings. The highest BCUT2D eigenvalue weighted by molar-refractivity contribution is 5.21. The van der Waals surface area contributed by atoms with Gasteiger partial charge in [0, 0.05) is 25.2 Å². The van der Waals surface area contributed by atoms with Crippen molar-refractivity contribution in [3.05, 3.63) is 35.9 Å². The average Bonchev–Trinajstić information content (AvgIpc) is 2.57. The summed E-state index contributed by atoms with van der Waals surface area (Å²) >= 11 is 0. The third-order valence-electron chi connectivity index (χ3n) is 5.14. The zero-order valence-electron chi connectivity index (χ0n) is 12.8. The molecule has 0 aromatic heterocycles. The molecule has 1 heterocycles. The molecule has 1 N–H and O–H groups in total. The zero-order chi connectivity index (χ0) is 14.5. The number of nitrogens with zero attached hydrogens (tertiary/aromatic N) is 1. The van der Waals surface area contributed by atoms with E-state index in [9.17, 15) is 0 Å². The van der Waals surface area contributed by atoms with Crippen molar-refractivity contribution in [2.75, 3.05) is 19.6 Å². The standard InChI is InChI=1S/C19H26N2/c1-2-13-21-15-18(16-9-5-3-6-10-16)20-14-19(21)17-11-7-4-8-12-17/h1,4,7-8,11-12,16,18-20H,3,5-6,9-10,13-15H2. The molecule has 1 aliphatic carbocycles. The Morgan fingerprint density at radius 3 is 2.62 bits per heavy atom. The van der Waals surface area contributed by atoms with Gasteiger partial charge in [-0.05, 0) is 24.3 Å². The first-order valence-corrected chi connectivity index (χ1v) is 8.34. The lowest BCUT2D eigenvalue weighted by molar-refractivity contribution is 0.108. The van der Waals surface area contributed by atoms with Gasteiger partial charge >= 0.3 is 0 Å². The molecule has 1 aromatic carbocycles. The number of hydrogen-bond acceptors (Lipinski definition) is 2. The first-order chi connectivity index (χ1) is 10.4. The Balaban J connectivity index is 1.69. The maximum atomic E-state index is 5.61. The number of nitrogens with one attached hydrogen (secondary N) is 1. The zero-order valence-corrected chi connectivity index (χ0v) is 12.8. The van der Waals surface area contributed by atoms with E-state index >= 15 is 0 Å². The summed E-state index contributed by atoms with van der Waals surface area (Å²) in [6.07, 6.45) is 12.6. The fraction of sp³-hybridized carbons (Fsp3) is 0.579. The maximum Gasteiger partial charge on any atom is 0.0605 e. The van der Waals surface area contributed by atoms with E-state index in [0.29, 0.717) is 12.1 Å². The van der Waals surface area contributed by atoms with Crippen molar-refractivity contribution in [3.63, 3.8) is 0 Å². The molecule has 1 aromatic rings. The van der Waals surface area contributed by atoms with E-state index in [-0.39, 0.29) is 0 Å². The van der Waals surface area contributed by atoms with Crippen molar-refractivity contribution in [1.82, 2.24) is 10.2 Å². The van der Waals surface area contributed by atoms with Gasteiger partial charge in [0.1, 0.15) is 0 Å². The molecule has 1 saturated heterocycles. The van der Waals surface area contributed by atoms with Crippen LogP contribution in [-0.2, 0) is 0 Å². The van der Waals surface area contributed by atoms with Crippen LogP contribution in [0, 0.1) is 18.3 Å². The molecule has 2 heteroatoms. The van der Waals surface area contributed by atoms with Crippen LogP contribution in [0.3, 0.4) is 0 Å². The van der Waals surface area contributed by atoms with Crippen molar-refractivity contribution in [2.24, 2.45) is 5.92 Å². The second-order valence-electron chi connectivity index (χ2n) is 6.47. The normalized spacial score (nSPS) is 28.1. The molecule has 21 heavy (non-hydrogen) atoms. The maximum absolute atomic E-state index is 5.61. The Labute approximate surface area is 128 Å². The van der Waals surface area contributed by atoms with Crippen molar-refractivity contribution in [1.29, 1.82) is 0 Å². The summed E-state index contributed by atoms with van der Waals surface area (Å²) in [5, 5.41) is 3.82. The fourth-order valence-corrected chi connectivity index (χ4v) is 3.98. The molecular weight excluding hydrogens is 256 g/mol. The third kappa shape index (κ3) is 3.48. The molecule has 0 spiro atoms. The fourth-order valence-electron chi connectivity index (χ4n) is 3.98. The number of terminal acetylenes is 1. The number of piperazine rings is 1. The molecule has 2 nitrogen and oxygen atoms in total. The van der Waals surface area contributed by atoms with Crippen LogP contribution in [0.5, 0.6) is 0 Å². The van der Waals surface area contributed by atoms with Crippen molar-refractivity contribution < 1.29 is 0 Å². The molecule has 1 saturated carbocycles. The van der Waals surface area contributed by atoms with Crippen molar-refractivity contribution in [3.8, 4) is 12.3 Å². The van der Waals surface area contributed by atoms with Gasteiger partial charge in [-0.3, -0.25) is 4.90 Å². The summed E-state index contributed by atoms with van der Waals surface area (Å²) in [4.78, 5) is 2.49. The SMILES string of the molecule is C#CCN1CC(C2CCCCC2)NCC1c1ccccc1. The molecule has 2 atom stereocenters. The highest BCUT2D eigenvalue weighted by Crippen LogP contribution is 2.31. The quantitative estimate of drug-likeness (QED) is 0.856. The molecule has 0 amide bonds. The van der Waals surface area contributed by atoms with Crippen LogP contribution in [0.2, 0.25) is 0 Å². The predicted octanol–water partition coefficient (Wildman–Crippen LogP) is 3.22. The lowest BCUT2D eigenvalue weighted by Crippen LogP contribution is -2.55. The molecule has 1 aliphatic heterocycles. The van der Waals surface area contributed by atoms with Crippen LogP contribution in [0.15, 0.2) is 30.3 Å². The van der Waals surface area contributed by atoms with Gasteiger partial charge in [-0.25, -0.2) is 0 Å². The van der Waals surface area contributed by atoms with Crippen LogP contribution in [0.25, 0.3) is 0 Å². The Hall–Kier alpha value is -1.30. The first kappa shape index (κ1) is 14.6. The summed E-state index contributed by atoms with van der Waals surface area (Å²) in [7, 11) is 0. The van der Waals surface area contributed by atoms with Crippen LogP contribution < -0.4 is 5.32 Å². The van der Waals surface area contributed by atoms with Gasteiger partial charge in [-0.15, -0.1) is 6.42 Å². The minimum Gasteiger partial charge on any atom is -0.311 e. The van der Waals surface area contributed by atoms with E-state index in [1.807, 2.05) is 0 Å². The third-order valence-corrected chi connectivity index (χ3v) is 5.14. The van der Waals surface area contributed by atoms with Crippen molar-refractivity contribution in [2.45, 2.75) is 44.2 Å². The van der Waals surface area contributed by atoms with E-state index in [1.54, 1.807) is 0 Å². The summed E-state index contributed by atoms with van der Waals surface area (Å²) in [6, 6.07) is 11.8. The van der Waals surface area contributed by atoms with Gasteiger partial charge in [0.05, 0.1) is 6.54 Å². The number of benzene rings is 1. The van der Waals surface area contributed by atoms with E-state index < -0.39 is 0 Å². The minimum atomic E-state index is 0.419. The van der Waals surface area contributed by atoms with Crippen LogP contribution in [-0.4, -0.2) is 30.6 Å². The summed E-state index contributed by atoms with van der Waals surface area (Å²) in [5.41, 5.74) is 1.38. The lowest BCUT2D eigenvalue weighted by atomic mass is 9.82. The Bertz CT molecular complexity index is 470. The number of hydrogen-bond donors (Lipinski definition) is 1. The van der Waals surface area contributed by atoms with Gasteiger partial charge in [0.25, 0.3) is 0 Å². The van der Waals surface area contributed by atoms with Crippen molar-refractivity contribution >= 4 is 0 Å². The molecule has 0 radical (unpaired) electrons. The largest absolute Gasteiger partial charge is 0.311 e. The van der Waals surface area contributed by atoms with Gasteiger partial charge in [0.15, 0.2) is 0 Å². The summed E-state index contributed by atoms with van der Waals surface area (Å²) in [5.74, 6) is 3.70. The monoisotopic (exact) mass is 282 g/mol. The number of rotatable bonds is 3. The van der Waals surface area contributed by atoms with Gasteiger partial charge in [-0.1, -0.05) is 55.5 Å². The average molecular weight is 282 g/mol. The molecule has 3 rings (SSSR count). The van der Waals surface area contributed by atoms with Gasteiger partial charge in [0.2, 0.25) is 0 Å². The van der Waals surface area contributed by atoms with E-state index in [4.69, 9.17) is 6.42 Å². The molecule has 2 unspecified atom stereocenters.